The maximum absolute atomic E-state index is 11.7. The molecule has 0 fully saturated rings. The van der Waals surface area contributed by atoms with E-state index in [0.717, 1.165) is 12.8 Å². The topological polar surface area (TPSA) is 68.5 Å². The number of rotatable bonds is 6. The Hall–Kier alpha value is -2.04. The Morgan fingerprint density at radius 2 is 2.05 bits per heavy atom. The molecule has 1 heterocycles. The Morgan fingerprint density at radius 3 is 2.60 bits per heavy atom. The SMILES string of the molecule is CCC(CC)NC(=O)C=Cc1cc(C(=O)OC)c(C)o1. The van der Waals surface area contributed by atoms with Crippen LogP contribution in [0.2, 0.25) is 0 Å². The molecule has 20 heavy (non-hydrogen) atoms. The van der Waals surface area contributed by atoms with Gasteiger partial charge in [0.25, 0.3) is 0 Å². The molecule has 0 saturated heterocycles. The van der Waals surface area contributed by atoms with E-state index in [1.807, 2.05) is 13.8 Å². The van der Waals surface area contributed by atoms with Crippen molar-refractivity contribution in [3.8, 4) is 0 Å². The maximum Gasteiger partial charge on any atom is 0.341 e. The third kappa shape index (κ3) is 4.26. The van der Waals surface area contributed by atoms with Gasteiger partial charge in [-0.2, -0.15) is 0 Å². The van der Waals surface area contributed by atoms with Gasteiger partial charge < -0.3 is 14.5 Å². The average molecular weight is 279 g/mol. The molecule has 1 rings (SSSR count). The molecule has 0 atom stereocenters. The minimum Gasteiger partial charge on any atom is -0.465 e. The van der Waals surface area contributed by atoms with Crippen LogP contribution in [0.5, 0.6) is 0 Å². The molecule has 5 nitrogen and oxygen atoms in total. The number of furan rings is 1. The normalized spacial score (nSPS) is 11.1. The minimum atomic E-state index is -0.451. The molecule has 0 saturated carbocycles. The largest absolute Gasteiger partial charge is 0.465 e. The van der Waals surface area contributed by atoms with Gasteiger partial charge in [0, 0.05) is 12.1 Å². The predicted octanol–water partition coefficient (Wildman–Crippen LogP) is 2.69. The quantitative estimate of drug-likeness (QED) is 0.642. The van der Waals surface area contributed by atoms with Gasteiger partial charge in [-0.25, -0.2) is 4.79 Å². The molecule has 1 aromatic rings. The number of methoxy groups -OCH3 is 1. The molecule has 1 aromatic heterocycles. The summed E-state index contributed by atoms with van der Waals surface area (Å²) in [5.41, 5.74) is 0.368. The number of hydrogen-bond donors (Lipinski definition) is 1. The molecule has 1 N–H and O–H groups in total. The third-order valence-corrected chi connectivity index (χ3v) is 3.07. The van der Waals surface area contributed by atoms with E-state index in [-0.39, 0.29) is 11.9 Å². The first-order chi connectivity index (χ1) is 9.51. The Bertz CT molecular complexity index is 498. The van der Waals surface area contributed by atoms with E-state index >= 15 is 0 Å². The van der Waals surface area contributed by atoms with Crippen LogP contribution in [-0.4, -0.2) is 25.0 Å². The van der Waals surface area contributed by atoms with Gasteiger partial charge in [-0.15, -0.1) is 0 Å². The van der Waals surface area contributed by atoms with Crippen LogP contribution in [0.1, 0.15) is 48.6 Å². The molecule has 0 unspecified atom stereocenters. The van der Waals surface area contributed by atoms with E-state index in [4.69, 9.17) is 4.42 Å². The summed E-state index contributed by atoms with van der Waals surface area (Å²) < 4.78 is 10.0. The summed E-state index contributed by atoms with van der Waals surface area (Å²) in [7, 11) is 1.31. The summed E-state index contributed by atoms with van der Waals surface area (Å²) >= 11 is 0. The standard InChI is InChI=1S/C15H21NO4/c1-5-11(6-2)16-14(17)8-7-12-9-13(10(3)20-12)15(18)19-4/h7-9,11H,5-6H2,1-4H3,(H,16,17). The molecular formula is C15H21NO4. The summed E-state index contributed by atoms with van der Waals surface area (Å²) in [6.07, 6.45) is 4.72. The number of carbonyl (C=O) groups excluding carboxylic acids is 2. The number of esters is 1. The first-order valence-electron chi connectivity index (χ1n) is 6.69. The lowest BCUT2D eigenvalue weighted by Gasteiger charge is -2.12. The van der Waals surface area contributed by atoms with E-state index in [1.165, 1.54) is 19.3 Å². The summed E-state index contributed by atoms with van der Waals surface area (Å²) in [6, 6.07) is 1.73. The van der Waals surface area contributed by atoms with Crippen molar-refractivity contribution < 1.29 is 18.7 Å². The van der Waals surface area contributed by atoms with Crippen molar-refractivity contribution in [1.29, 1.82) is 0 Å². The molecule has 0 aliphatic heterocycles. The van der Waals surface area contributed by atoms with Gasteiger partial charge in [0.1, 0.15) is 17.1 Å². The average Bonchev–Trinajstić information content (AvgIpc) is 2.82. The van der Waals surface area contributed by atoms with Crippen molar-refractivity contribution in [1.82, 2.24) is 5.32 Å². The van der Waals surface area contributed by atoms with Crippen LogP contribution in [0.15, 0.2) is 16.6 Å². The predicted molar refractivity (Wildman–Crippen MR) is 76.3 cm³/mol. The molecule has 0 bridgehead atoms. The van der Waals surface area contributed by atoms with Crippen molar-refractivity contribution in [3.63, 3.8) is 0 Å². The zero-order valence-electron chi connectivity index (χ0n) is 12.4. The number of carbonyl (C=O) groups is 2. The smallest absolute Gasteiger partial charge is 0.341 e. The molecule has 0 aromatic carbocycles. The van der Waals surface area contributed by atoms with Crippen LogP contribution in [-0.2, 0) is 9.53 Å². The van der Waals surface area contributed by atoms with Gasteiger partial charge in [-0.3, -0.25) is 4.79 Å². The van der Waals surface area contributed by atoms with Crippen LogP contribution in [0.25, 0.3) is 6.08 Å². The molecule has 0 aliphatic carbocycles. The second-order valence-corrected chi connectivity index (χ2v) is 4.47. The van der Waals surface area contributed by atoms with Gasteiger partial charge in [-0.05, 0) is 31.9 Å². The van der Waals surface area contributed by atoms with Crippen LogP contribution in [0, 0.1) is 6.92 Å². The summed E-state index contributed by atoms with van der Waals surface area (Å²) in [5, 5.41) is 2.88. The first kappa shape index (κ1) is 16.0. The van der Waals surface area contributed by atoms with Crippen LogP contribution < -0.4 is 5.32 Å². The van der Waals surface area contributed by atoms with E-state index < -0.39 is 5.97 Å². The molecular weight excluding hydrogens is 258 g/mol. The van der Waals surface area contributed by atoms with Crippen LogP contribution in [0.3, 0.4) is 0 Å². The van der Waals surface area contributed by atoms with E-state index in [1.54, 1.807) is 13.0 Å². The zero-order valence-corrected chi connectivity index (χ0v) is 12.4. The van der Waals surface area contributed by atoms with E-state index in [9.17, 15) is 9.59 Å². The van der Waals surface area contributed by atoms with E-state index in [2.05, 4.69) is 10.1 Å². The Balaban J connectivity index is 2.71. The summed E-state index contributed by atoms with van der Waals surface area (Å²) in [6.45, 7) is 5.72. The van der Waals surface area contributed by atoms with Gasteiger partial charge in [0.05, 0.1) is 7.11 Å². The highest BCUT2D eigenvalue weighted by molar-refractivity contribution is 5.93. The second-order valence-electron chi connectivity index (χ2n) is 4.47. The van der Waals surface area contributed by atoms with Gasteiger partial charge >= 0.3 is 5.97 Å². The number of ether oxygens (including phenoxy) is 1. The second kappa shape index (κ2) is 7.53. The number of nitrogens with one attached hydrogen (secondary N) is 1. The lowest BCUT2D eigenvalue weighted by atomic mass is 10.2. The van der Waals surface area contributed by atoms with Crippen LogP contribution in [0.4, 0.5) is 0 Å². The molecule has 1 amide bonds. The number of aryl methyl sites for hydroxylation is 1. The lowest BCUT2D eigenvalue weighted by molar-refractivity contribution is -0.117. The fourth-order valence-electron chi connectivity index (χ4n) is 1.80. The fraction of sp³-hybridized carbons (Fsp3) is 0.467. The van der Waals surface area contributed by atoms with Gasteiger partial charge in [-0.1, -0.05) is 13.8 Å². The van der Waals surface area contributed by atoms with Crippen molar-refractivity contribution in [2.75, 3.05) is 7.11 Å². The molecule has 0 aliphatic rings. The highest BCUT2D eigenvalue weighted by Crippen LogP contribution is 2.16. The van der Waals surface area contributed by atoms with Crippen LogP contribution >= 0.6 is 0 Å². The molecule has 110 valence electrons. The minimum absolute atomic E-state index is 0.174. The fourth-order valence-corrected chi connectivity index (χ4v) is 1.80. The molecule has 0 spiro atoms. The van der Waals surface area contributed by atoms with Gasteiger partial charge in [0.15, 0.2) is 0 Å². The van der Waals surface area contributed by atoms with Gasteiger partial charge in [0.2, 0.25) is 5.91 Å². The first-order valence-corrected chi connectivity index (χ1v) is 6.69. The van der Waals surface area contributed by atoms with E-state index in [0.29, 0.717) is 17.1 Å². The summed E-state index contributed by atoms with van der Waals surface area (Å²) in [5.74, 6) is 0.291. The third-order valence-electron chi connectivity index (χ3n) is 3.07. The van der Waals surface area contributed by atoms with Crippen molar-refractivity contribution in [3.05, 3.63) is 29.2 Å². The monoisotopic (exact) mass is 279 g/mol. The van der Waals surface area contributed by atoms with Crippen molar-refractivity contribution in [2.24, 2.45) is 0 Å². The molecule has 0 radical (unpaired) electrons. The summed E-state index contributed by atoms with van der Waals surface area (Å²) in [4.78, 5) is 23.1. The van der Waals surface area contributed by atoms with Crippen molar-refractivity contribution >= 4 is 18.0 Å². The molecule has 5 heteroatoms. The zero-order chi connectivity index (χ0) is 15.1. The Kier molecular flexibility index (Phi) is 6.03. The lowest BCUT2D eigenvalue weighted by Crippen LogP contribution is -2.32. The Morgan fingerprint density at radius 1 is 1.40 bits per heavy atom. The Labute approximate surface area is 119 Å². The highest BCUT2D eigenvalue weighted by atomic mass is 16.5. The number of hydrogen-bond acceptors (Lipinski definition) is 4. The van der Waals surface area contributed by atoms with Crippen molar-refractivity contribution in [2.45, 2.75) is 39.7 Å². The maximum atomic E-state index is 11.7. The highest BCUT2D eigenvalue weighted by Gasteiger charge is 2.14. The number of amides is 1.